The van der Waals surface area contributed by atoms with E-state index in [1.807, 2.05) is 18.7 Å². The van der Waals surface area contributed by atoms with E-state index < -0.39 is 5.97 Å². The van der Waals surface area contributed by atoms with E-state index in [9.17, 15) is 14.4 Å². The van der Waals surface area contributed by atoms with Crippen LogP contribution < -0.4 is 5.73 Å². The van der Waals surface area contributed by atoms with Gasteiger partial charge in [-0.3, -0.25) is 19.3 Å². The molecule has 0 aliphatic carbocycles. The van der Waals surface area contributed by atoms with Gasteiger partial charge in [-0.25, -0.2) is 0 Å². The van der Waals surface area contributed by atoms with Crippen LogP contribution in [0.4, 0.5) is 0 Å². The van der Waals surface area contributed by atoms with Crippen LogP contribution in [0.5, 0.6) is 0 Å². The number of carboxylic acid groups (broad SMARTS) is 1. The lowest BCUT2D eigenvalue weighted by Crippen LogP contribution is -2.49. The van der Waals surface area contributed by atoms with Crippen LogP contribution >= 0.6 is 0 Å². The summed E-state index contributed by atoms with van der Waals surface area (Å²) in [6.45, 7) is 5.38. The van der Waals surface area contributed by atoms with E-state index in [0.29, 0.717) is 19.6 Å². The van der Waals surface area contributed by atoms with Crippen LogP contribution in [0.25, 0.3) is 0 Å². The number of primary amides is 1. The van der Waals surface area contributed by atoms with E-state index in [4.69, 9.17) is 10.8 Å². The number of piperidine rings is 1. The highest BCUT2D eigenvalue weighted by atomic mass is 16.4. The van der Waals surface area contributed by atoms with Crippen LogP contribution in [0.3, 0.4) is 0 Å². The van der Waals surface area contributed by atoms with Gasteiger partial charge in [0.1, 0.15) is 0 Å². The first-order valence-electron chi connectivity index (χ1n) is 7.34. The summed E-state index contributed by atoms with van der Waals surface area (Å²) in [5.74, 6) is -1.58. The van der Waals surface area contributed by atoms with E-state index in [2.05, 4.69) is 0 Å². The Labute approximate surface area is 125 Å². The van der Waals surface area contributed by atoms with Crippen LogP contribution in [-0.2, 0) is 14.4 Å². The molecule has 0 bridgehead atoms. The molecule has 0 radical (unpaired) electrons. The monoisotopic (exact) mass is 299 g/mol. The second-order valence-electron chi connectivity index (χ2n) is 5.79. The van der Waals surface area contributed by atoms with Crippen molar-refractivity contribution in [3.63, 3.8) is 0 Å². The Morgan fingerprint density at radius 2 is 2.05 bits per heavy atom. The second-order valence-corrected chi connectivity index (χ2v) is 5.79. The quantitative estimate of drug-likeness (QED) is 0.683. The molecule has 1 rings (SSSR count). The van der Waals surface area contributed by atoms with Gasteiger partial charge in [0.15, 0.2) is 0 Å². The first kappa shape index (κ1) is 17.4. The molecule has 1 saturated heterocycles. The molecule has 0 spiro atoms. The summed E-state index contributed by atoms with van der Waals surface area (Å²) in [5.41, 5.74) is 5.31. The molecule has 1 atom stereocenters. The van der Waals surface area contributed by atoms with Crippen molar-refractivity contribution in [3.8, 4) is 0 Å². The number of hydrogen-bond acceptors (Lipinski definition) is 4. The zero-order valence-corrected chi connectivity index (χ0v) is 12.7. The highest BCUT2D eigenvalue weighted by molar-refractivity contribution is 5.81. The molecule has 1 aliphatic rings. The highest BCUT2D eigenvalue weighted by Gasteiger charge is 2.28. The summed E-state index contributed by atoms with van der Waals surface area (Å²) in [4.78, 5) is 37.7. The Hall–Kier alpha value is -1.63. The zero-order valence-electron chi connectivity index (χ0n) is 12.7. The van der Waals surface area contributed by atoms with Crippen LogP contribution in [0.1, 0.15) is 33.1 Å². The molecule has 7 nitrogen and oxygen atoms in total. The number of carboxylic acids is 1. The van der Waals surface area contributed by atoms with E-state index in [1.165, 1.54) is 0 Å². The average molecular weight is 299 g/mol. The van der Waals surface area contributed by atoms with Crippen LogP contribution in [0, 0.1) is 5.92 Å². The summed E-state index contributed by atoms with van der Waals surface area (Å²) >= 11 is 0. The Morgan fingerprint density at radius 1 is 1.38 bits per heavy atom. The minimum absolute atomic E-state index is 0.00930. The van der Waals surface area contributed by atoms with Gasteiger partial charge >= 0.3 is 5.97 Å². The normalized spacial score (nSPS) is 19.0. The molecule has 21 heavy (non-hydrogen) atoms. The maximum absolute atomic E-state index is 12.3. The molecule has 1 aliphatic heterocycles. The standard InChI is InChI=1S/C14H25N3O4/c1-10(2)16(7-5-13(19)20)9-12(18)17-6-3-4-11(8-17)14(15)21/h10-11H,3-9H2,1-2H3,(H2,15,21)(H,19,20). The number of aliphatic carboxylic acids is 1. The molecule has 1 heterocycles. The fourth-order valence-corrected chi connectivity index (χ4v) is 2.47. The third-order valence-electron chi connectivity index (χ3n) is 3.86. The second kappa shape index (κ2) is 7.97. The molecule has 3 N–H and O–H groups in total. The van der Waals surface area contributed by atoms with Crippen LogP contribution in [0.2, 0.25) is 0 Å². The molecule has 0 aromatic rings. The third kappa shape index (κ3) is 5.71. The maximum Gasteiger partial charge on any atom is 0.304 e. The average Bonchev–Trinajstić information content (AvgIpc) is 2.42. The van der Waals surface area contributed by atoms with E-state index in [-0.39, 0.29) is 36.7 Å². The molecule has 0 aromatic carbocycles. The fraction of sp³-hybridized carbons (Fsp3) is 0.786. The molecular formula is C14H25N3O4. The van der Waals surface area contributed by atoms with Gasteiger partial charge < -0.3 is 15.7 Å². The first-order chi connectivity index (χ1) is 9.81. The maximum atomic E-state index is 12.3. The topological polar surface area (TPSA) is 104 Å². The number of hydrogen-bond donors (Lipinski definition) is 2. The van der Waals surface area contributed by atoms with Gasteiger partial charge in [0.2, 0.25) is 11.8 Å². The molecule has 120 valence electrons. The summed E-state index contributed by atoms with van der Waals surface area (Å²) in [6, 6.07) is 0.0880. The number of amides is 2. The molecule has 0 saturated carbocycles. The number of carbonyl (C=O) groups excluding carboxylic acids is 2. The minimum Gasteiger partial charge on any atom is -0.481 e. The van der Waals surface area contributed by atoms with Gasteiger partial charge in [0.05, 0.1) is 18.9 Å². The summed E-state index contributed by atoms with van der Waals surface area (Å²) in [7, 11) is 0. The molecule has 1 fully saturated rings. The van der Waals surface area contributed by atoms with Gasteiger partial charge in [-0.15, -0.1) is 0 Å². The van der Waals surface area contributed by atoms with Crippen LogP contribution in [0.15, 0.2) is 0 Å². The number of rotatable bonds is 7. The van der Waals surface area contributed by atoms with E-state index in [0.717, 1.165) is 12.8 Å². The third-order valence-corrected chi connectivity index (χ3v) is 3.86. The predicted molar refractivity (Wildman–Crippen MR) is 77.5 cm³/mol. The minimum atomic E-state index is -0.875. The van der Waals surface area contributed by atoms with Gasteiger partial charge in [-0.1, -0.05) is 0 Å². The number of nitrogens with two attached hydrogens (primary N) is 1. The first-order valence-corrected chi connectivity index (χ1v) is 7.34. The smallest absolute Gasteiger partial charge is 0.304 e. The Morgan fingerprint density at radius 3 is 2.57 bits per heavy atom. The number of carbonyl (C=O) groups is 3. The van der Waals surface area contributed by atoms with Crippen LogP contribution in [-0.4, -0.2) is 64.9 Å². The van der Waals surface area contributed by atoms with Crippen molar-refractivity contribution in [1.29, 1.82) is 0 Å². The summed E-state index contributed by atoms with van der Waals surface area (Å²) in [6.07, 6.45) is 1.51. The molecule has 1 unspecified atom stereocenters. The Balaban J connectivity index is 2.56. The predicted octanol–water partition coefficient (Wildman–Crippen LogP) is -0.105. The van der Waals surface area contributed by atoms with Crippen molar-refractivity contribution in [2.45, 2.75) is 39.2 Å². The largest absolute Gasteiger partial charge is 0.481 e. The summed E-state index contributed by atoms with van der Waals surface area (Å²) < 4.78 is 0. The van der Waals surface area contributed by atoms with E-state index >= 15 is 0 Å². The van der Waals surface area contributed by atoms with Gasteiger partial charge in [0, 0.05) is 25.7 Å². The van der Waals surface area contributed by atoms with Crippen molar-refractivity contribution in [1.82, 2.24) is 9.80 Å². The van der Waals surface area contributed by atoms with Crippen molar-refractivity contribution < 1.29 is 19.5 Å². The summed E-state index contributed by atoms with van der Waals surface area (Å²) in [5, 5.41) is 8.75. The lowest BCUT2D eigenvalue weighted by atomic mass is 9.97. The zero-order chi connectivity index (χ0) is 16.0. The number of nitrogens with zero attached hydrogens (tertiary/aromatic N) is 2. The molecular weight excluding hydrogens is 274 g/mol. The van der Waals surface area contributed by atoms with Gasteiger partial charge in [-0.2, -0.15) is 0 Å². The molecule has 0 aromatic heterocycles. The van der Waals surface area contributed by atoms with E-state index in [1.54, 1.807) is 4.90 Å². The van der Waals surface area contributed by atoms with Gasteiger partial charge in [-0.05, 0) is 26.7 Å². The van der Waals surface area contributed by atoms with Crippen molar-refractivity contribution in [3.05, 3.63) is 0 Å². The van der Waals surface area contributed by atoms with Crippen molar-refractivity contribution in [2.24, 2.45) is 11.7 Å². The highest BCUT2D eigenvalue weighted by Crippen LogP contribution is 2.16. The molecule has 7 heteroatoms. The SMILES string of the molecule is CC(C)N(CCC(=O)O)CC(=O)N1CCCC(C(N)=O)C1. The Kier molecular flexibility index (Phi) is 6.61. The van der Waals surface area contributed by atoms with Crippen molar-refractivity contribution in [2.75, 3.05) is 26.2 Å². The van der Waals surface area contributed by atoms with Crippen molar-refractivity contribution >= 4 is 17.8 Å². The van der Waals surface area contributed by atoms with Gasteiger partial charge in [0.25, 0.3) is 0 Å². The lowest BCUT2D eigenvalue weighted by molar-refractivity contribution is -0.140. The molecule has 2 amide bonds. The fourth-order valence-electron chi connectivity index (χ4n) is 2.47. The Bertz CT molecular complexity index is 398. The number of likely N-dealkylation sites (tertiary alicyclic amines) is 1. The lowest BCUT2D eigenvalue weighted by Gasteiger charge is -2.34.